The quantitative estimate of drug-likeness (QED) is 0.276. The normalized spacial score (nSPS) is 11.8. The molecule has 1 atom stereocenters. The van der Waals surface area contributed by atoms with Gasteiger partial charge in [-0.1, -0.05) is 35.9 Å². The number of ether oxygens (including phenoxy) is 1. The molecule has 3 rings (SSSR count). The Hall–Kier alpha value is -4.45. The van der Waals surface area contributed by atoms with E-state index in [0.717, 1.165) is 21.5 Å². The molecule has 212 valence electrons. The summed E-state index contributed by atoms with van der Waals surface area (Å²) in [6.45, 7) is 4.37. The summed E-state index contributed by atoms with van der Waals surface area (Å²) in [4.78, 5) is 38.2. The Morgan fingerprint density at radius 1 is 1.02 bits per heavy atom. The van der Waals surface area contributed by atoms with E-state index < -0.39 is 39.3 Å². The number of amides is 2. The third-order valence-corrected chi connectivity index (χ3v) is 8.26. The third-order valence-electron chi connectivity index (χ3n) is 6.49. The van der Waals surface area contributed by atoms with Gasteiger partial charge in [0, 0.05) is 25.2 Å². The van der Waals surface area contributed by atoms with Crippen molar-refractivity contribution in [1.82, 2.24) is 10.2 Å². The average Bonchev–Trinajstić information content (AvgIpc) is 2.94. The van der Waals surface area contributed by atoms with Gasteiger partial charge in [-0.2, -0.15) is 0 Å². The molecule has 0 saturated carbocycles. The molecule has 0 aliphatic heterocycles. The lowest BCUT2D eigenvalue weighted by atomic mass is 10.1. The largest absolute Gasteiger partial charge is 0.497 e. The predicted molar refractivity (Wildman–Crippen MR) is 151 cm³/mol. The van der Waals surface area contributed by atoms with Gasteiger partial charge < -0.3 is 15.0 Å². The van der Waals surface area contributed by atoms with Gasteiger partial charge in [0.1, 0.15) is 18.3 Å². The number of hydrogen-bond donors (Lipinski definition) is 1. The highest BCUT2D eigenvalue weighted by atomic mass is 32.2. The minimum absolute atomic E-state index is 0.0558. The van der Waals surface area contributed by atoms with Crippen LogP contribution in [-0.4, -0.2) is 56.8 Å². The van der Waals surface area contributed by atoms with Crippen molar-refractivity contribution in [2.45, 2.75) is 38.3 Å². The molecule has 0 radical (unpaired) electrons. The molecule has 0 spiro atoms. The van der Waals surface area contributed by atoms with Crippen LogP contribution in [0.4, 0.5) is 11.4 Å². The Labute approximate surface area is 233 Å². The number of nitro benzene ring substituents is 1. The molecular formula is C28H32N4O7S. The van der Waals surface area contributed by atoms with Crippen LogP contribution in [0.15, 0.2) is 71.6 Å². The van der Waals surface area contributed by atoms with Crippen molar-refractivity contribution in [1.29, 1.82) is 0 Å². The average molecular weight is 569 g/mol. The van der Waals surface area contributed by atoms with E-state index in [4.69, 9.17) is 4.74 Å². The number of carbonyl (C=O) groups excluding carboxylic acids is 2. The highest BCUT2D eigenvalue weighted by molar-refractivity contribution is 7.92. The second kappa shape index (κ2) is 12.6. The number of aryl methyl sites for hydroxylation is 2. The van der Waals surface area contributed by atoms with Gasteiger partial charge in [-0.25, -0.2) is 8.42 Å². The first-order valence-corrected chi connectivity index (χ1v) is 13.8. The molecule has 0 bridgehead atoms. The number of rotatable bonds is 11. The number of nitrogens with zero attached hydrogens (tertiary/aromatic N) is 3. The Bertz CT molecular complexity index is 1490. The van der Waals surface area contributed by atoms with E-state index in [1.165, 1.54) is 62.4 Å². The number of benzene rings is 3. The summed E-state index contributed by atoms with van der Waals surface area (Å²) < 4.78 is 33.9. The van der Waals surface area contributed by atoms with E-state index in [2.05, 4.69) is 5.32 Å². The maximum absolute atomic E-state index is 13.9. The van der Waals surface area contributed by atoms with Crippen molar-refractivity contribution in [3.8, 4) is 5.75 Å². The molecule has 3 aromatic rings. The molecular weight excluding hydrogens is 536 g/mol. The number of likely N-dealkylation sites (N-methyl/N-ethyl adjacent to an activating group) is 1. The van der Waals surface area contributed by atoms with Crippen molar-refractivity contribution in [3.63, 3.8) is 0 Å². The van der Waals surface area contributed by atoms with Crippen LogP contribution in [0.3, 0.4) is 0 Å². The highest BCUT2D eigenvalue weighted by Crippen LogP contribution is 2.29. The molecule has 0 unspecified atom stereocenters. The zero-order chi connectivity index (χ0) is 29.6. The maximum Gasteiger partial charge on any atom is 0.273 e. The fourth-order valence-corrected chi connectivity index (χ4v) is 5.47. The number of nitrogens with one attached hydrogen (secondary N) is 1. The highest BCUT2D eigenvalue weighted by Gasteiger charge is 2.33. The molecule has 12 heteroatoms. The van der Waals surface area contributed by atoms with Crippen LogP contribution in [0.25, 0.3) is 0 Å². The molecule has 40 heavy (non-hydrogen) atoms. The zero-order valence-electron chi connectivity index (χ0n) is 23.0. The lowest BCUT2D eigenvalue weighted by Crippen LogP contribution is -2.50. The van der Waals surface area contributed by atoms with Crippen molar-refractivity contribution in [3.05, 3.63) is 93.5 Å². The SMILES string of the molecule is CNC(=O)[C@H](C)N(Cc1ccc(C)cc1)C(=O)CN(c1ccc(OC)cc1)S(=O)(=O)c1ccc(C)c([N+](=O)[O-])c1. The second-order valence-corrected chi connectivity index (χ2v) is 11.1. The van der Waals surface area contributed by atoms with Crippen molar-refractivity contribution >= 4 is 33.2 Å². The molecule has 11 nitrogen and oxygen atoms in total. The fourth-order valence-electron chi connectivity index (χ4n) is 4.03. The summed E-state index contributed by atoms with van der Waals surface area (Å²) in [5.41, 5.74) is 1.84. The van der Waals surface area contributed by atoms with Crippen LogP contribution in [0.5, 0.6) is 5.75 Å². The van der Waals surface area contributed by atoms with E-state index in [1.807, 2.05) is 31.2 Å². The zero-order valence-corrected chi connectivity index (χ0v) is 23.8. The number of hydrogen-bond acceptors (Lipinski definition) is 7. The number of carbonyl (C=O) groups is 2. The molecule has 0 heterocycles. The van der Waals surface area contributed by atoms with Crippen molar-refractivity contribution in [2.75, 3.05) is 25.0 Å². The Kier molecular flexibility index (Phi) is 9.48. The Morgan fingerprint density at radius 2 is 1.65 bits per heavy atom. The summed E-state index contributed by atoms with van der Waals surface area (Å²) in [6, 6.07) is 16.1. The number of methoxy groups -OCH3 is 1. The minimum Gasteiger partial charge on any atom is -0.497 e. The molecule has 2 amide bonds. The van der Waals surface area contributed by atoms with Crippen molar-refractivity contribution in [2.24, 2.45) is 0 Å². The molecule has 0 fully saturated rings. The fraction of sp³-hybridized carbons (Fsp3) is 0.286. The van der Waals surface area contributed by atoms with Crippen molar-refractivity contribution < 1.29 is 27.7 Å². The smallest absolute Gasteiger partial charge is 0.273 e. The molecule has 0 saturated heterocycles. The minimum atomic E-state index is -4.47. The first kappa shape index (κ1) is 30.1. The lowest BCUT2D eigenvalue weighted by molar-refractivity contribution is -0.385. The summed E-state index contributed by atoms with van der Waals surface area (Å²) in [6.07, 6.45) is 0. The molecule has 0 aliphatic rings. The summed E-state index contributed by atoms with van der Waals surface area (Å²) in [7, 11) is -1.55. The molecule has 1 N–H and O–H groups in total. The summed E-state index contributed by atoms with van der Waals surface area (Å²) in [5.74, 6) is -0.598. The first-order valence-electron chi connectivity index (χ1n) is 12.4. The topological polar surface area (TPSA) is 139 Å². The Morgan fingerprint density at radius 3 is 2.20 bits per heavy atom. The van der Waals surface area contributed by atoms with Gasteiger partial charge in [0.2, 0.25) is 11.8 Å². The molecule has 3 aromatic carbocycles. The summed E-state index contributed by atoms with van der Waals surface area (Å²) >= 11 is 0. The van der Waals surface area contributed by atoms with E-state index in [-0.39, 0.29) is 22.8 Å². The number of sulfonamides is 1. The Balaban J connectivity index is 2.09. The number of anilines is 1. The monoisotopic (exact) mass is 568 g/mol. The van der Waals surface area contributed by atoms with Gasteiger partial charge >= 0.3 is 0 Å². The van der Waals surface area contributed by atoms with Crippen LogP contribution in [0.2, 0.25) is 0 Å². The van der Waals surface area contributed by atoms with Gasteiger partial charge in [0.15, 0.2) is 0 Å². The van der Waals surface area contributed by atoms with Gasteiger partial charge in [-0.3, -0.25) is 24.0 Å². The van der Waals surface area contributed by atoms with E-state index >= 15 is 0 Å². The van der Waals surface area contributed by atoms with E-state index in [9.17, 15) is 28.1 Å². The van der Waals surface area contributed by atoms with Crippen LogP contribution in [-0.2, 0) is 26.2 Å². The molecule has 0 aromatic heterocycles. The van der Waals surface area contributed by atoms with Gasteiger partial charge in [-0.05, 0) is 56.7 Å². The van der Waals surface area contributed by atoms with Crippen LogP contribution < -0.4 is 14.4 Å². The van der Waals surface area contributed by atoms with Crippen LogP contribution in [0, 0.1) is 24.0 Å². The van der Waals surface area contributed by atoms with E-state index in [1.54, 1.807) is 6.92 Å². The van der Waals surface area contributed by atoms with Gasteiger partial charge in [0.25, 0.3) is 15.7 Å². The lowest BCUT2D eigenvalue weighted by Gasteiger charge is -2.31. The molecule has 0 aliphatic carbocycles. The van der Waals surface area contributed by atoms with Crippen LogP contribution >= 0.6 is 0 Å². The van der Waals surface area contributed by atoms with Gasteiger partial charge in [-0.15, -0.1) is 0 Å². The maximum atomic E-state index is 13.9. The van der Waals surface area contributed by atoms with Gasteiger partial charge in [0.05, 0.1) is 22.6 Å². The standard InChI is InChI=1S/C28H32N4O7S/c1-19-6-9-22(10-7-19)17-30(21(3)28(34)29-4)27(33)18-31(23-11-13-24(39-5)14-12-23)40(37,38)25-15-8-20(2)26(16-25)32(35)36/h6-16,21H,17-18H2,1-5H3,(H,29,34)/t21-/m0/s1. The van der Waals surface area contributed by atoms with Crippen LogP contribution in [0.1, 0.15) is 23.6 Å². The third kappa shape index (κ3) is 6.75. The predicted octanol–water partition coefficient (Wildman–Crippen LogP) is 3.58. The van der Waals surface area contributed by atoms with E-state index in [0.29, 0.717) is 11.3 Å². The second-order valence-electron chi connectivity index (χ2n) is 9.21. The number of nitro groups is 1. The first-order chi connectivity index (χ1) is 18.9. The summed E-state index contributed by atoms with van der Waals surface area (Å²) in [5, 5.41) is 14.1.